The number of aromatic nitrogens is 1. The van der Waals surface area contributed by atoms with Crippen molar-refractivity contribution in [2.24, 2.45) is 5.10 Å². The number of carbonyl (C=O) groups excluding carboxylic acids is 1. The summed E-state index contributed by atoms with van der Waals surface area (Å²) >= 11 is 3.49. The van der Waals surface area contributed by atoms with Crippen molar-refractivity contribution in [2.75, 3.05) is 17.1 Å². The number of hydrazone groups is 1. The van der Waals surface area contributed by atoms with Crippen molar-refractivity contribution in [3.8, 4) is 5.69 Å². The number of anilines is 1. The fourth-order valence-corrected chi connectivity index (χ4v) is 4.69. The normalized spacial score (nSPS) is 11.7. The number of sulfonamides is 1. The summed E-state index contributed by atoms with van der Waals surface area (Å²) in [6.07, 6.45) is 2.63. The van der Waals surface area contributed by atoms with Gasteiger partial charge in [-0.25, -0.2) is 13.8 Å². The number of rotatable bonds is 7. The van der Waals surface area contributed by atoms with Crippen molar-refractivity contribution >= 4 is 43.8 Å². The van der Waals surface area contributed by atoms with Crippen LogP contribution in [0.2, 0.25) is 0 Å². The molecule has 3 aromatic rings. The number of amides is 1. The van der Waals surface area contributed by atoms with Gasteiger partial charge in [0, 0.05) is 27.1 Å². The van der Waals surface area contributed by atoms with Crippen LogP contribution in [0.4, 0.5) is 5.69 Å². The van der Waals surface area contributed by atoms with Crippen LogP contribution in [0.25, 0.3) is 5.69 Å². The largest absolute Gasteiger partial charge is 0.318 e. The van der Waals surface area contributed by atoms with E-state index in [1.807, 2.05) is 57.2 Å². The van der Waals surface area contributed by atoms with Crippen molar-refractivity contribution in [1.29, 1.82) is 0 Å². The molecule has 1 amide bonds. The molecule has 0 saturated heterocycles. The van der Waals surface area contributed by atoms with Gasteiger partial charge in [-0.3, -0.25) is 9.10 Å². The molecule has 1 heterocycles. The van der Waals surface area contributed by atoms with E-state index in [9.17, 15) is 13.2 Å². The minimum atomic E-state index is -3.64. The van der Waals surface area contributed by atoms with E-state index >= 15 is 0 Å². The van der Waals surface area contributed by atoms with Gasteiger partial charge in [0.2, 0.25) is 10.0 Å². The zero-order valence-corrected chi connectivity index (χ0v) is 20.7. The van der Waals surface area contributed by atoms with E-state index in [2.05, 4.69) is 31.0 Å². The lowest BCUT2D eigenvalue weighted by Gasteiger charge is -2.21. The smallest absolute Gasteiger partial charge is 0.260 e. The number of benzene rings is 2. The van der Waals surface area contributed by atoms with Crippen molar-refractivity contribution in [1.82, 2.24) is 9.99 Å². The van der Waals surface area contributed by atoms with Gasteiger partial charge in [0.05, 0.1) is 18.2 Å². The van der Waals surface area contributed by atoms with Gasteiger partial charge in [0.15, 0.2) is 0 Å². The molecule has 2 aromatic carbocycles. The zero-order chi connectivity index (χ0) is 23.5. The fraction of sp³-hybridized carbons (Fsp3) is 0.217. The Hall–Kier alpha value is -2.91. The van der Waals surface area contributed by atoms with Crippen LogP contribution in [0, 0.1) is 20.8 Å². The number of hydrogen-bond donors (Lipinski definition) is 1. The number of aryl methyl sites for hydroxylation is 2. The average molecular weight is 517 g/mol. The Morgan fingerprint density at radius 1 is 1.12 bits per heavy atom. The first-order chi connectivity index (χ1) is 15.1. The van der Waals surface area contributed by atoms with Crippen molar-refractivity contribution in [3.05, 3.63) is 81.6 Å². The van der Waals surface area contributed by atoms with Crippen LogP contribution < -0.4 is 9.73 Å². The van der Waals surface area contributed by atoms with Crippen LogP contribution in [0.15, 0.2) is 64.2 Å². The molecule has 0 spiro atoms. The Kier molecular flexibility index (Phi) is 7.20. The van der Waals surface area contributed by atoms with E-state index < -0.39 is 15.9 Å². The van der Waals surface area contributed by atoms with Gasteiger partial charge in [-0.15, -0.1) is 0 Å². The van der Waals surface area contributed by atoms with Gasteiger partial charge < -0.3 is 4.57 Å². The SMILES string of the molecule is Cc1cccc(N(CC(=O)N/N=C\c2cc(C)n(-c3cccc(Br)c3)c2C)S(C)(=O)=O)c1. The van der Waals surface area contributed by atoms with Crippen LogP contribution in [-0.4, -0.2) is 37.9 Å². The Morgan fingerprint density at radius 2 is 1.84 bits per heavy atom. The molecule has 9 heteroatoms. The third-order valence-electron chi connectivity index (χ3n) is 4.91. The molecular formula is C23H25BrN4O3S. The second-order valence-corrected chi connectivity index (χ2v) is 10.4. The Balaban J connectivity index is 1.74. The summed E-state index contributed by atoms with van der Waals surface area (Å²) in [5.74, 6) is -0.533. The second-order valence-electron chi connectivity index (χ2n) is 7.54. The predicted molar refractivity (Wildman–Crippen MR) is 132 cm³/mol. The van der Waals surface area contributed by atoms with E-state index in [-0.39, 0.29) is 6.54 Å². The zero-order valence-electron chi connectivity index (χ0n) is 18.3. The summed E-state index contributed by atoms with van der Waals surface area (Å²) in [5.41, 5.74) is 7.62. The van der Waals surface area contributed by atoms with Crippen LogP contribution in [0.1, 0.15) is 22.5 Å². The molecule has 0 fully saturated rings. The molecule has 7 nitrogen and oxygen atoms in total. The first-order valence-electron chi connectivity index (χ1n) is 9.87. The quantitative estimate of drug-likeness (QED) is 0.379. The van der Waals surface area contributed by atoms with E-state index in [1.165, 1.54) is 0 Å². The minimum Gasteiger partial charge on any atom is -0.318 e. The molecule has 0 aliphatic heterocycles. The maximum Gasteiger partial charge on any atom is 0.260 e. The van der Waals surface area contributed by atoms with Gasteiger partial charge in [-0.1, -0.05) is 34.1 Å². The van der Waals surface area contributed by atoms with Gasteiger partial charge in [0.25, 0.3) is 5.91 Å². The van der Waals surface area contributed by atoms with Crippen LogP contribution in [0.3, 0.4) is 0 Å². The second kappa shape index (κ2) is 9.70. The molecule has 0 radical (unpaired) electrons. The Morgan fingerprint density at radius 3 is 2.50 bits per heavy atom. The molecule has 0 bridgehead atoms. The van der Waals surface area contributed by atoms with Gasteiger partial charge >= 0.3 is 0 Å². The van der Waals surface area contributed by atoms with Gasteiger partial charge in [-0.05, 0) is 62.7 Å². The molecule has 0 aliphatic rings. The van der Waals surface area contributed by atoms with Crippen molar-refractivity contribution < 1.29 is 13.2 Å². The molecule has 3 rings (SSSR count). The highest BCUT2D eigenvalue weighted by atomic mass is 79.9. The van der Waals surface area contributed by atoms with E-state index in [4.69, 9.17) is 0 Å². The Bertz CT molecular complexity index is 1280. The average Bonchev–Trinajstić information content (AvgIpc) is 2.98. The number of nitrogens with one attached hydrogen (secondary N) is 1. The maximum atomic E-state index is 12.4. The summed E-state index contributed by atoms with van der Waals surface area (Å²) in [7, 11) is -3.64. The first-order valence-corrected chi connectivity index (χ1v) is 12.5. The lowest BCUT2D eigenvalue weighted by Crippen LogP contribution is -2.39. The summed E-state index contributed by atoms with van der Waals surface area (Å²) in [6, 6.07) is 16.9. The molecule has 32 heavy (non-hydrogen) atoms. The van der Waals surface area contributed by atoms with Gasteiger partial charge in [-0.2, -0.15) is 5.10 Å². The first kappa shape index (κ1) is 23.7. The highest BCUT2D eigenvalue weighted by molar-refractivity contribution is 9.10. The summed E-state index contributed by atoms with van der Waals surface area (Å²) in [5, 5.41) is 4.05. The van der Waals surface area contributed by atoms with Crippen molar-refractivity contribution in [3.63, 3.8) is 0 Å². The third kappa shape index (κ3) is 5.66. The standard InChI is InChI=1S/C23H25BrN4O3S/c1-16-7-5-9-21(11-16)27(32(4,30)31)15-23(29)26-25-14-19-12-17(2)28(18(19)3)22-10-6-8-20(24)13-22/h5-14H,15H2,1-4H3,(H,26,29)/b25-14-. The highest BCUT2D eigenvalue weighted by Gasteiger charge is 2.20. The Labute approximate surface area is 196 Å². The number of nitrogens with zero attached hydrogens (tertiary/aromatic N) is 3. The maximum absolute atomic E-state index is 12.4. The number of hydrogen-bond acceptors (Lipinski definition) is 4. The molecular weight excluding hydrogens is 492 g/mol. The topological polar surface area (TPSA) is 83.8 Å². The summed E-state index contributed by atoms with van der Waals surface area (Å²) in [6.45, 7) is 5.46. The molecule has 0 saturated carbocycles. The van der Waals surface area contributed by atoms with E-state index in [1.54, 1.807) is 24.4 Å². The van der Waals surface area contributed by atoms with Crippen LogP contribution >= 0.6 is 15.9 Å². The van der Waals surface area contributed by atoms with Gasteiger partial charge in [0.1, 0.15) is 6.54 Å². The minimum absolute atomic E-state index is 0.364. The lowest BCUT2D eigenvalue weighted by atomic mass is 10.2. The number of halogens is 1. The van der Waals surface area contributed by atoms with Crippen molar-refractivity contribution in [2.45, 2.75) is 20.8 Å². The third-order valence-corrected chi connectivity index (χ3v) is 6.54. The molecule has 1 N–H and O–H groups in total. The fourth-order valence-electron chi connectivity index (χ4n) is 3.45. The lowest BCUT2D eigenvalue weighted by molar-refractivity contribution is -0.119. The highest BCUT2D eigenvalue weighted by Crippen LogP contribution is 2.22. The van der Waals surface area contributed by atoms with Crippen LogP contribution in [-0.2, 0) is 14.8 Å². The van der Waals surface area contributed by atoms with E-state index in [0.29, 0.717) is 5.69 Å². The van der Waals surface area contributed by atoms with E-state index in [0.717, 1.165) is 43.2 Å². The number of carbonyl (C=O) groups is 1. The molecule has 0 atom stereocenters. The predicted octanol–water partition coefficient (Wildman–Crippen LogP) is 4.08. The summed E-state index contributed by atoms with van der Waals surface area (Å²) in [4.78, 5) is 12.4. The summed E-state index contributed by atoms with van der Waals surface area (Å²) < 4.78 is 28.6. The molecule has 1 aromatic heterocycles. The molecule has 0 aliphatic carbocycles. The van der Waals surface area contributed by atoms with Crippen LogP contribution in [0.5, 0.6) is 0 Å². The monoisotopic (exact) mass is 516 g/mol. The molecule has 0 unspecified atom stereocenters. The molecule has 168 valence electrons.